The summed E-state index contributed by atoms with van der Waals surface area (Å²) >= 11 is 0. The molecule has 6 nitrogen and oxygen atoms in total. The van der Waals surface area contributed by atoms with Crippen LogP contribution in [0.2, 0.25) is 0 Å². The summed E-state index contributed by atoms with van der Waals surface area (Å²) < 4.78 is 1.20. The lowest BCUT2D eigenvalue weighted by Gasteiger charge is -2.05. The van der Waals surface area contributed by atoms with Crippen LogP contribution in [0, 0.1) is 0 Å². The molecule has 2 heterocycles. The molecule has 0 aliphatic carbocycles. The Kier molecular flexibility index (Phi) is 0.974. The van der Waals surface area contributed by atoms with Gasteiger partial charge in [-0.05, 0) is 0 Å². The van der Waals surface area contributed by atoms with E-state index in [-0.39, 0.29) is 5.95 Å². The van der Waals surface area contributed by atoms with Gasteiger partial charge in [0, 0.05) is 0 Å². The molecule has 56 valence electrons. The molecule has 0 radical (unpaired) electrons. The first-order valence-corrected chi connectivity index (χ1v) is 2.98. The lowest BCUT2D eigenvalue weighted by molar-refractivity contribution is 0.936. The van der Waals surface area contributed by atoms with Gasteiger partial charge in [0.2, 0.25) is 5.95 Å². The van der Waals surface area contributed by atoms with Crippen molar-refractivity contribution >= 4 is 5.95 Å². The number of nitrogens with zero attached hydrogens (tertiary/aromatic N) is 4. The maximum absolute atomic E-state index is 5.49. The van der Waals surface area contributed by atoms with Crippen LogP contribution in [0.3, 0.4) is 0 Å². The molecule has 4 N–H and O–H groups in total. The topological polar surface area (TPSA) is 95.6 Å². The molecular formula is C5H6N6. The first kappa shape index (κ1) is 5.90. The van der Waals surface area contributed by atoms with Crippen LogP contribution in [-0.4, -0.2) is 19.6 Å². The monoisotopic (exact) mass is 150 g/mol. The zero-order chi connectivity index (χ0) is 7.84. The summed E-state index contributed by atoms with van der Waals surface area (Å²) in [5.74, 6) is 6.25. The van der Waals surface area contributed by atoms with Gasteiger partial charge in [-0.15, -0.1) is 0 Å². The SMILES string of the molecule is Nc1ncc2ncnc-2n1N. The summed E-state index contributed by atoms with van der Waals surface area (Å²) in [6.45, 7) is 0. The summed E-state index contributed by atoms with van der Waals surface area (Å²) in [5, 5.41) is 0. The van der Waals surface area contributed by atoms with E-state index in [4.69, 9.17) is 11.6 Å². The Hall–Kier alpha value is -1.85. The van der Waals surface area contributed by atoms with Crippen molar-refractivity contribution in [3.05, 3.63) is 12.5 Å². The molecule has 0 spiro atoms. The molecule has 2 rings (SSSR count). The zero-order valence-electron chi connectivity index (χ0n) is 5.60. The molecule has 0 aromatic carbocycles. The van der Waals surface area contributed by atoms with Gasteiger partial charge in [0.25, 0.3) is 0 Å². The third-order valence-corrected chi connectivity index (χ3v) is 1.40. The normalized spacial score (nSPS) is 10.5. The van der Waals surface area contributed by atoms with Crippen LogP contribution in [0.5, 0.6) is 0 Å². The van der Waals surface area contributed by atoms with Gasteiger partial charge in [-0.2, -0.15) is 0 Å². The molecule has 0 atom stereocenters. The highest BCUT2D eigenvalue weighted by atomic mass is 15.4. The van der Waals surface area contributed by atoms with Crippen molar-refractivity contribution in [3.63, 3.8) is 0 Å². The van der Waals surface area contributed by atoms with Crippen LogP contribution < -0.4 is 11.6 Å². The van der Waals surface area contributed by atoms with Gasteiger partial charge >= 0.3 is 0 Å². The summed E-state index contributed by atoms with van der Waals surface area (Å²) in [6.07, 6.45) is 2.94. The van der Waals surface area contributed by atoms with Gasteiger partial charge in [0.1, 0.15) is 12.0 Å². The van der Waals surface area contributed by atoms with Crippen molar-refractivity contribution in [3.8, 4) is 11.5 Å². The molecule has 0 saturated heterocycles. The molecule has 0 aromatic rings. The molecule has 0 fully saturated rings. The van der Waals surface area contributed by atoms with Crippen molar-refractivity contribution in [1.82, 2.24) is 19.6 Å². The number of rotatable bonds is 0. The Morgan fingerprint density at radius 3 is 2.91 bits per heavy atom. The molecular weight excluding hydrogens is 144 g/mol. The van der Waals surface area contributed by atoms with Crippen molar-refractivity contribution in [2.75, 3.05) is 11.6 Å². The first-order chi connectivity index (χ1) is 5.29. The summed E-state index contributed by atoms with van der Waals surface area (Å²) in [7, 11) is 0. The van der Waals surface area contributed by atoms with Crippen LogP contribution >= 0.6 is 0 Å². The average molecular weight is 150 g/mol. The second kappa shape index (κ2) is 1.82. The smallest absolute Gasteiger partial charge is 0.220 e. The van der Waals surface area contributed by atoms with Crippen LogP contribution in [0.4, 0.5) is 5.95 Å². The Balaban J connectivity index is 2.81. The van der Waals surface area contributed by atoms with E-state index in [1.54, 1.807) is 0 Å². The van der Waals surface area contributed by atoms with Gasteiger partial charge < -0.3 is 11.6 Å². The number of imidazole rings is 1. The van der Waals surface area contributed by atoms with Crippen molar-refractivity contribution < 1.29 is 0 Å². The number of nitrogen functional groups attached to an aromatic ring is 2. The average Bonchev–Trinajstić information content (AvgIpc) is 2.45. The standard InChI is InChI=1S/C5H6N6/c6-5-8-1-3-4(11(5)7)10-2-9-3/h1-2H,7H2,(H2,6,8). The van der Waals surface area contributed by atoms with Crippen LogP contribution in [0.25, 0.3) is 11.5 Å². The van der Waals surface area contributed by atoms with E-state index in [0.717, 1.165) is 0 Å². The van der Waals surface area contributed by atoms with Crippen molar-refractivity contribution in [2.45, 2.75) is 0 Å². The Bertz CT molecular complexity index is 352. The second-order valence-electron chi connectivity index (χ2n) is 2.07. The van der Waals surface area contributed by atoms with Gasteiger partial charge in [-0.1, -0.05) is 0 Å². The fraction of sp³-hybridized carbons (Fsp3) is 0. The molecule has 2 aliphatic rings. The number of anilines is 1. The highest BCUT2D eigenvalue weighted by Gasteiger charge is 2.10. The summed E-state index contributed by atoms with van der Waals surface area (Å²) in [4.78, 5) is 11.6. The van der Waals surface area contributed by atoms with Gasteiger partial charge in [-0.3, -0.25) is 0 Å². The first-order valence-electron chi connectivity index (χ1n) is 2.98. The number of hydrogen-bond acceptors (Lipinski definition) is 5. The number of aromatic nitrogens is 4. The minimum Gasteiger partial charge on any atom is -0.368 e. The quantitative estimate of drug-likeness (QED) is 0.473. The maximum atomic E-state index is 5.49. The molecule has 0 amide bonds. The third-order valence-electron chi connectivity index (χ3n) is 1.40. The van der Waals surface area contributed by atoms with Gasteiger partial charge in [0.05, 0.1) is 6.20 Å². The van der Waals surface area contributed by atoms with Crippen LogP contribution in [0.15, 0.2) is 12.5 Å². The molecule has 0 saturated carbocycles. The van der Waals surface area contributed by atoms with Crippen molar-refractivity contribution in [1.29, 1.82) is 0 Å². The Labute approximate surface area is 62.2 Å². The van der Waals surface area contributed by atoms with E-state index in [0.29, 0.717) is 11.5 Å². The maximum Gasteiger partial charge on any atom is 0.220 e. The molecule has 0 bridgehead atoms. The number of hydrogen-bond donors (Lipinski definition) is 2. The molecule has 11 heavy (non-hydrogen) atoms. The Morgan fingerprint density at radius 1 is 1.27 bits per heavy atom. The molecule has 6 heteroatoms. The second-order valence-corrected chi connectivity index (χ2v) is 2.07. The minimum atomic E-state index is 0.220. The highest BCUT2D eigenvalue weighted by molar-refractivity contribution is 5.52. The Morgan fingerprint density at radius 2 is 2.09 bits per heavy atom. The zero-order valence-corrected chi connectivity index (χ0v) is 5.60. The lowest BCUT2D eigenvalue weighted by Crippen LogP contribution is -2.18. The molecule has 0 aromatic heterocycles. The lowest BCUT2D eigenvalue weighted by atomic mass is 10.4. The summed E-state index contributed by atoms with van der Waals surface area (Å²) in [6, 6.07) is 0. The van der Waals surface area contributed by atoms with E-state index in [9.17, 15) is 0 Å². The van der Waals surface area contributed by atoms with Crippen LogP contribution in [-0.2, 0) is 0 Å². The molecule has 2 aliphatic heterocycles. The minimum absolute atomic E-state index is 0.220. The fourth-order valence-electron chi connectivity index (χ4n) is 0.844. The largest absolute Gasteiger partial charge is 0.368 e. The van der Waals surface area contributed by atoms with E-state index in [2.05, 4.69) is 15.0 Å². The predicted octanol–water partition coefficient (Wildman–Crippen LogP) is -0.926. The predicted molar refractivity (Wildman–Crippen MR) is 39.0 cm³/mol. The number of nitrogens with two attached hydrogens (primary N) is 2. The van der Waals surface area contributed by atoms with Gasteiger partial charge in [-0.25, -0.2) is 19.6 Å². The fourth-order valence-corrected chi connectivity index (χ4v) is 0.844. The van der Waals surface area contributed by atoms with E-state index in [1.165, 1.54) is 17.2 Å². The number of fused-ring (bicyclic) bond motifs is 1. The summed E-state index contributed by atoms with van der Waals surface area (Å²) in [5.41, 5.74) is 6.04. The third kappa shape index (κ3) is 0.689. The molecule has 0 unspecified atom stereocenters. The van der Waals surface area contributed by atoms with E-state index < -0.39 is 0 Å². The van der Waals surface area contributed by atoms with Crippen LogP contribution in [0.1, 0.15) is 0 Å². The van der Waals surface area contributed by atoms with E-state index >= 15 is 0 Å². The van der Waals surface area contributed by atoms with Crippen molar-refractivity contribution in [2.24, 2.45) is 0 Å². The van der Waals surface area contributed by atoms with Gasteiger partial charge in [0.15, 0.2) is 5.82 Å². The van der Waals surface area contributed by atoms with E-state index in [1.807, 2.05) is 0 Å². The highest BCUT2D eigenvalue weighted by Crippen LogP contribution is 2.14.